The van der Waals surface area contributed by atoms with E-state index in [1.165, 1.54) is 6.07 Å². The molecule has 0 unspecified atom stereocenters. The molecule has 2 aromatic carbocycles. The number of nitrogens with zero attached hydrogens (tertiary/aromatic N) is 5. The molecule has 2 aromatic heterocycles. The molecule has 1 fully saturated rings. The summed E-state index contributed by atoms with van der Waals surface area (Å²) in [6.45, 7) is 2.34. The summed E-state index contributed by atoms with van der Waals surface area (Å²) in [4.78, 5) is 22.9. The maximum absolute atomic E-state index is 14.8. The van der Waals surface area contributed by atoms with Crippen LogP contribution >= 0.6 is 0 Å². The fraction of sp³-hybridized carbons (Fsp3) is 0.259. The predicted octanol–water partition coefficient (Wildman–Crippen LogP) is 5.76. The maximum atomic E-state index is 14.8. The van der Waals surface area contributed by atoms with Gasteiger partial charge >= 0.3 is 18.3 Å². The van der Waals surface area contributed by atoms with Gasteiger partial charge in [-0.3, -0.25) is 0 Å². The fourth-order valence-electron chi connectivity index (χ4n) is 3.96. The highest BCUT2D eigenvalue weighted by Gasteiger charge is 2.38. The number of hydrogen-bond acceptors (Lipinski definition) is 7. The summed E-state index contributed by atoms with van der Waals surface area (Å²) in [6.07, 6.45) is -3.45. The van der Waals surface area contributed by atoms with Crippen LogP contribution in [0.25, 0.3) is 11.3 Å². The lowest BCUT2D eigenvalue weighted by Gasteiger charge is -2.29. The molecule has 2 N–H and O–H groups in total. The van der Waals surface area contributed by atoms with Crippen LogP contribution in [0.15, 0.2) is 67.4 Å². The van der Waals surface area contributed by atoms with E-state index in [0.717, 1.165) is 23.9 Å². The van der Waals surface area contributed by atoms with Gasteiger partial charge in [0.1, 0.15) is 5.69 Å². The number of carboxylic acid groups (broad SMARTS) is 1. The van der Waals surface area contributed by atoms with Crippen molar-refractivity contribution in [1.82, 2.24) is 19.5 Å². The zero-order valence-corrected chi connectivity index (χ0v) is 22.0. The summed E-state index contributed by atoms with van der Waals surface area (Å²) in [6, 6.07) is 10.9. The zero-order valence-electron chi connectivity index (χ0n) is 22.0. The molecule has 4 aromatic rings. The molecule has 0 atom stereocenters. The van der Waals surface area contributed by atoms with Gasteiger partial charge in [-0.1, -0.05) is 12.1 Å². The van der Waals surface area contributed by atoms with Gasteiger partial charge in [-0.15, -0.1) is 0 Å². The quantitative estimate of drug-likeness (QED) is 0.265. The van der Waals surface area contributed by atoms with E-state index in [4.69, 9.17) is 14.6 Å². The van der Waals surface area contributed by atoms with Crippen molar-refractivity contribution < 1.29 is 45.4 Å². The van der Waals surface area contributed by atoms with Gasteiger partial charge in [0.15, 0.2) is 5.82 Å². The number of halogens is 7. The van der Waals surface area contributed by atoms with E-state index >= 15 is 0 Å². The Morgan fingerprint density at radius 3 is 2.28 bits per heavy atom. The van der Waals surface area contributed by atoms with Gasteiger partial charge in [0, 0.05) is 49.0 Å². The van der Waals surface area contributed by atoms with Crippen LogP contribution in [-0.4, -0.2) is 63.1 Å². The second-order valence-electron chi connectivity index (χ2n) is 9.12. The number of benzene rings is 2. The number of nitrogens with one attached hydrogen (secondary N) is 1. The highest BCUT2D eigenvalue weighted by Crippen LogP contribution is 2.36. The number of aliphatic carboxylic acids is 1. The molecule has 16 heteroatoms. The molecule has 0 aliphatic carbocycles. The summed E-state index contributed by atoms with van der Waals surface area (Å²) in [5, 5.41) is 10.1. The molecule has 0 saturated carbocycles. The molecule has 1 aliphatic rings. The number of aromatic nitrogens is 4. The third kappa shape index (κ3) is 8.64. The predicted molar refractivity (Wildman–Crippen MR) is 140 cm³/mol. The average molecular weight is 613 g/mol. The smallest absolute Gasteiger partial charge is 0.475 e. The highest BCUT2D eigenvalue weighted by atomic mass is 19.4. The minimum Gasteiger partial charge on any atom is -0.475 e. The fourth-order valence-corrected chi connectivity index (χ4v) is 3.96. The number of anilines is 3. The molecule has 1 saturated heterocycles. The molecular formula is C27H23F7N6O3. The first-order chi connectivity index (χ1) is 20.3. The molecule has 228 valence electrons. The van der Waals surface area contributed by atoms with Gasteiger partial charge in [0.2, 0.25) is 5.95 Å². The van der Waals surface area contributed by atoms with Crippen molar-refractivity contribution >= 4 is 23.3 Å². The summed E-state index contributed by atoms with van der Waals surface area (Å²) < 4.78 is 94.7. The first-order valence-corrected chi connectivity index (χ1v) is 12.5. The Balaban J connectivity index is 0.000000541. The van der Waals surface area contributed by atoms with Crippen molar-refractivity contribution in [1.29, 1.82) is 0 Å². The van der Waals surface area contributed by atoms with E-state index in [1.807, 2.05) is 35.0 Å². The number of ether oxygens (including phenoxy) is 1. The van der Waals surface area contributed by atoms with Crippen molar-refractivity contribution in [3.8, 4) is 11.3 Å². The van der Waals surface area contributed by atoms with Crippen LogP contribution in [0.4, 0.5) is 48.1 Å². The molecule has 9 nitrogen and oxygen atoms in total. The first-order valence-electron chi connectivity index (χ1n) is 12.5. The van der Waals surface area contributed by atoms with Gasteiger partial charge in [-0.05, 0) is 35.9 Å². The lowest BCUT2D eigenvalue weighted by Crippen LogP contribution is -2.36. The summed E-state index contributed by atoms with van der Waals surface area (Å²) >= 11 is 0. The Kier molecular flexibility index (Phi) is 9.48. The Morgan fingerprint density at radius 1 is 1.02 bits per heavy atom. The summed E-state index contributed by atoms with van der Waals surface area (Å²) in [7, 11) is 0. The monoisotopic (exact) mass is 612 g/mol. The topological polar surface area (TPSA) is 105 Å². The van der Waals surface area contributed by atoms with Crippen LogP contribution in [0.1, 0.15) is 11.1 Å². The first kappa shape index (κ1) is 31.2. The standard InChI is InChI=1S/C25H22F4N6O.C2HF3O2/c26-22-14-31-24(32-20-3-1-17(2-4-20)15-34-6-5-30-16-34)33-23(22)18-11-19(25(27,28)29)13-21(12-18)35-7-9-36-10-8-35;3-2(4,5)1(6)7/h1-6,11-14,16H,7-10,15H2,(H,31,32,33);(H,6,7). The molecule has 3 heterocycles. The van der Waals surface area contributed by atoms with Gasteiger partial charge in [-0.25, -0.2) is 24.1 Å². The van der Waals surface area contributed by atoms with Crippen LogP contribution in [-0.2, 0) is 22.3 Å². The van der Waals surface area contributed by atoms with Crippen molar-refractivity contribution in [2.24, 2.45) is 0 Å². The van der Waals surface area contributed by atoms with Crippen LogP contribution in [0.2, 0.25) is 0 Å². The molecule has 1 aliphatic heterocycles. The number of morpholine rings is 1. The number of alkyl halides is 6. The van der Waals surface area contributed by atoms with E-state index in [-0.39, 0.29) is 17.2 Å². The molecule has 0 bridgehead atoms. The molecular weight excluding hydrogens is 589 g/mol. The van der Waals surface area contributed by atoms with E-state index in [1.54, 1.807) is 17.4 Å². The van der Waals surface area contributed by atoms with Crippen molar-refractivity contribution in [3.63, 3.8) is 0 Å². The van der Waals surface area contributed by atoms with Crippen LogP contribution < -0.4 is 10.2 Å². The Morgan fingerprint density at radius 2 is 1.70 bits per heavy atom. The van der Waals surface area contributed by atoms with Crippen molar-refractivity contribution in [2.75, 3.05) is 36.5 Å². The average Bonchev–Trinajstić information content (AvgIpc) is 3.48. The summed E-state index contributed by atoms with van der Waals surface area (Å²) in [5.41, 5.74) is 0.959. The van der Waals surface area contributed by atoms with Crippen molar-refractivity contribution in [3.05, 3.63) is 84.3 Å². The lowest BCUT2D eigenvalue weighted by atomic mass is 10.0. The summed E-state index contributed by atoms with van der Waals surface area (Å²) in [5.74, 6) is -3.50. The van der Waals surface area contributed by atoms with Gasteiger partial charge < -0.3 is 24.6 Å². The number of carbonyl (C=O) groups is 1. The van der Waals surface area contributed by atoms with E-state index in [9.17, 15) is 30.7 Å². The van der Waals surface area contributed by atoms with Crippen LogP contribution in [0.3, 0.4) is 0 Å². The van der Waals surface area contributed by atoms with E-state index in [2.05, 4.69) is 20.3 Å². The number of hydrogen-bond donors (Lipinski definition) is 2. The molecule has 43 heavy (non-hydrogen) atoms. The maximum Gasteiger partial charge on any atom is 0.490 e. The third-order valence-corrected chi connectivity index (χ3v) is 6.02. The Bertz CT molecular complexity index is 1520. The van der Waals surface area contributed by atoms with Gasteiger partial charge in [0.05, 0.1) is 31.3 Å². The Labute approximate surface area is 239 Å². The highest BCUT2D eigenvalue weighted by molar-refractivity contribution is 5.73. The minimum absolute atomic E-state index is 0.0185. The third-order valence-electron chi connectivity index (χ3n) is 6.02. The van der Waals surface area contributed by atoms with Gasteiger partial charge in [-0.2, -0.15) is 26.3 Å². The number of imidazole rings is 1. The molecule has 5 rings (SSSR count). The zero-order chi connectivity index (χ0) is 31.2. The second kappa shape index (κ2) is 13.1. The van der Waals surface area contributed by atoms with Crippen LogP contribution in [0, 0.1) is 5.82 Å². The second-order valence-corrected chi connectivity index (χ2v) is 9.12. The van der Waals surface area contributed by atoms with E-state index < -0.39 is 29.7 Å². The molecule has 0 radical (unpaired) electrons. The van der Waals surface area contributed by atoms with E-state index in [0.29, 0.717) is 44.2 Å². The van der Waals surface area contributed by atoms with Crippen LogP contribution in [0.5, 0.6) is 0 Å². The lowest BCUT2D eigenvalue weighted by molar-refractivity contribution is -0.192. The molecule has 0 amide bonds. The number of carboxylic acids is 1. The SMILES string of the molecule is Fc1cnc(Nc2ccc(Cn3ccnc3)cc2)nc1-c1cc(N2CCOCC2)cc(C(F)(F)F)c1.O=C(O)C(F)(F)F. The largest absolute Gasteiger partial charge is 0.490 e. The number of rotatable bonds is 6. The van der Waals surface area contributed by atoms with Gasteiger partial charge in [0.25, 0.3) is 0 Å². The Hall–Kier alpha value is -4.73. The van der Waals surface area contributed by atoms with Crippen molar-refractivity contribution in [2.45, 2.75) is 18.9 Å². The normalized spacial score (nSPS) is 13.7. The molecule has 0 spiro atoms. The minimum atomic E-state index is -5.08.